The third-order valence-corrected chi connectivity index (χ3v) is 4.17. The fourth-order valence-electron chi connectivity index (χ4n) is 2.88. The topological polar surface area (TPSA) is 39.9 Å². The Hall–Kier alpha value is -1.56. The summed E-state index contributed by atoms with van der Waals surface area (Å²) in [6, 6.07) is 4.37. The average Bonchev–Trinajstić information content (AvgIpc) is 2.76. The zero-order chi connectivity index (χ0) is 14.2. The fourth-order valence-corrected chi connectivity index (χ4v) is 2.88. The molecular formula is C16H23N3. The van der Waals surface area contributed by atoms with Crippen LogP contribution in [0.1, 0.15) is 44.1 Å². The van der Waals surface area contributed by atoms with Crippen molar-refractivity contribution in [2.45, 2.75) is 41.0 Å². The number of nitrogens with zero attached hydrogens (tertiary/aromatic N) is 3. The molecular weight excluding hydrogens is 234 g/mol. The molecule has 1 aromatic heterocycles. The van der Waals surface area contributed by atoms with E-state index in [2.05, 4.69) is 42.8 Å². The number of hydrogen-bond acceptors (Lipinski definition) is 3. The van der Waals surface area contributed by atoms with Crippen LogP contribution in [0.3, 0.4) is 0 Å². The maximum Gasteiger partial charge on any atom is 0.103 e. The summed E-state index contributed by atoms with van der Waals surface area (Å²) < 4.78 is 0. The highest BCUT2D eigenvalue weighted by atomic mass is 15.2. The first-order chi connectivity index (χ1) is 8.82. The van der Waals surface area contributed by atoms with Crippen LogP contribution in [0.25, 0.3) is 0 Å². The summed E-state index contributed by atoms with van der Waals surface area (Å²) in [6.45, 7) is 12.9. The van der Waals surface area contributed by atoms with Crippen molar-refractivity contribution >= 4 is 5.69 Å². The Balaban J connectivity index is 2.32. The number of rotatable bonds is 1. The minimum absolute atomic E-state index is 0.332. The van der Waals surface area contributed by atoms with Crippen molar-refractivity contribution < 1.29 is 0 Å². The quantitative estimate of drug-likeness (QED) is 0.773. The molecule has 3 heteroatoms. The van der Waals surface area contributed by atoms with Crippen LogP contribution in [0.15, 0.2) is 6.07 Å². The normalized spacial score (nSPS) is 19.6. The molecule has 2 heterocycles. The molecule has 3 nitrogen and oxygen atoms in total. The van der Waals surface area contributed by atoms with Crippen LogP contribution in [0.2, 0.25) is 0 Å². The predicted octanol–water partition coefficient (Wildman–Crippen LogP) is 3.44. The number of aromatic nitrogens is 1. The van der Waals surface area contributed by atoms with E-state index in [1.54, 1.807) is 0 Å². The van der Waals surface area contributed by atoms with E-state index in [1.165, 1.54) is 6.42 Å². The highest BCUT2D eigenvalue weighted by Crippen LogP contribution is 2.36. The molecule has 0 bridgehead atoms. The zero-order valence-corrected chi connectivity index (χ0v) is 12.6. The van der Waals surface area contributed by atoms with Gasteiger partial charge in [-0.2, -0.15) is 5.26 Å². The van der Waals surface area contributed by atoms with Gasteiger partial charge in [0.1, 0.15) is 6.07 Å². The number of nitriles is 1. The van der Waals surface area contributed by atoms with Gasteiger partial charge >= 0.3 is 0 Å². The first-order valence-electron chi connectivity index (χ1n) is 6.96. The van der Waals surface area contributed by atoms with Gasteiger partial charge in [-0.3, -0.25) is 4.98 Å². The molecule has 2 rings (SSSR count). The summed E-state index contributed by atoms with van der Waals surface area (Å²) in [5, 5.41) is 9.36. The molecule has 0 saturated carbocycles. The summed E-state index contributed by atoms with van der Waals surface area (Å²) in [5.74, 6) is 0.688. The van der Waals surface area contributed by atoms with E-state index in [0.29, 0.717) is 11.3 Å². The first-order valence-corrected chi connectivity index (χ1v) is 6.96. The molecule has 0 aliphatic carbocycles. The van der Waals surface area contributed by atoms with Gasteiger partial charge in [-0.1, -0.05) is 20.8 Å². The standard InChI is InChI=1S/C16H23N3/c1-11-8-15(14(9-17)12(2)18-11)19-7-6-13(10-19)16(3,4)5/h8,13H,6-7,10H2,1-5H3. The van der Waals surface area contributed by atoms with Crippen LogP contribution in [-0.4, -0.2) is 18.1 Å². The lowest BCUT2D eigenvalue weighted by molar-refractivity contribution is 0.263. The van der Waals surface area contributed by atoms with Gasteiger partial charge in [-0.25, -0.2) is 0 Å². The summed E-state index contributed by atoms with van der Waals surface area (Å²) >= 11 is 0. The van der Waals surface area contributed by atoms with Crippen molar-refractivity contribution in [3.8, 4) is 6.07 Å². The molecule has 1 saturated heterocycles. The van der Waals surface area contributed by atoms with Gasteiger partial charge < -0.3 is 4.90 Å². The van der Waals surface area contributed by atoms with Gasteiger partial charge in [0, 0.05) is 18.8 Å². The lowest BCUT2D eigenvalue weighted by Gasteiger charge is -2.28. The zero-order valence-electron chi connectivity index (χ0n) is 12.6. The molecule has 0 spiro atoms. The molecule has 1 fully saturated rings. The third-order valence-electron chi connectivity index (χ3n) is 4.17. The summed E-state index contributed by atoms with van der Waals surface area (Å²) in [6.07, 6.45) is 1.20. The summed E-state index contributed by atoms with van der Waals surface area (Å²) in [5.41, 5.74) is 3.97. The highest BCUT2D eigenvalue weighted by Gasteiger charge is 2.32. The van der Waals surface area contributed by atoms with Crippen molar-refractivity contribution in [3.63, 3.8) is 0 Å². The molecule has 0 N–H and O–H groups in total. The Labute approximate surface area is 116 Å². The maximum absolute atomic E-state index is 9.36. The molecule has 1 aromatic rings. The van der Waals surface area contributed by atoms with Gasteiger partial charge in [0.2, 0.25) is 0 Å². The smallest absolute Gasteiger partial charge is 0.103 e. The number of aryl methyl sites for hydroxylation is 2. The van der Waals surface area contributed by atoms with Crippen molar-refractivity contribution in [1.82, 2.24) is 4.98 Å². The van der Waals surface area contributed by atoms with E-state index in [0.717, 1.165) is 35.7 Å². The molecule has 19 heavy (non-hydrogen) atoms. The van der Waals surface area contributed by atoms with Crippen LogP contribution >= 0.6 is 0 Å². The SMILES string of the molecule is Cc1cc(N2CCC(C(C)(C)C)C2)c(C#N)c(C)n1. The Morgan fingerprint density at radius 1 is 1.37 bits per heavy atom. The molecule has 102 valence electrons. The largest absolute Gasteiger partial charge is 0.370 e. The van der Waals surface area contributed by atoms with Crippen molar-refractivity contribution in [2.75, 3.05) is 18.0 Å². The maximum atomic E-state index is 9.36. The van der Waals surface area contributed by atoms with E-state index < -0.39 is 0 Å². The van der Waals surface area contributed by atoms with Gasteiger partial charge in [-0.05, 0) is 37.7 Å². The van der Waals surface area contributed by atoms with E-state index in [-0.39, 0.29) is 0 Å². The molecule has 1 unspecified atom stereocenters. The van der Waals surface area contributed by atoms with E-state index in [9.17, 15) is 5.26 Å². The minimum atomic E-state index is 0.332. The highest BCUT2D eigenvalue weighted by molar-refractivity contribution is 5.62. The second-order valence-electron chi connectivity index (χ2n) is 6.65. The van der Waals surface area contributed by atoms with Gasteiger partial charge in [0.05, 0.1) is 16.9 Å². The Kier molecular flexibility index (Phi) is 3.54. The molecule has 1 atom stereocenters. The van der Waals surface area contributed by atoms with Crippen LogP contribution in [0, 0.1) is 36.5 Å². The van der Waals surface area contributed by atoms with Crippen molar-refractivity contribution in [1.29, 1.82) is 5.26 Å². The number of pyridine rings is 1. The van der Waals surface area contributed by atoms with E-state index in [1.807, 2.05) is 13.8 Å². The first kappa shape index (κ1) is 13.9. The molecule has 1 aliphatic heterocycles. The van der Waals surface area contributed by atoms with Crippen molar-refractivity contribution in [2.24, 2.45) is 11.3 Å². The van der Waals surface area contributed by atoms with Crippen LogP contribution in [-0.2, 0) is 0 Å². The lowest BCUT2D eigenvalue weighted by atomic mass is 9.80. The van der Waals surface area contributed by atoms with Crippen LogP contribution < -0.4 is 4.90 Å². The molecule has 0 aromatic carbocycles. The Morgan fingerprint density at radius 3 is 2.58 bits per heavy atom. The van der Waals surface area contributed by atoms with Crippen LogP contribution in [0.5, 0.6) is 0 Å². The fraction of sp³-hybridized carbons (Fsp3) is 0.625. The van der Waals surface area contributed by atoms with E-state index >= 15 is 0 Å². The van der Waals surface area contributed by atoms with Gasteiger partial charge in [0.25, 0.3) is 0 Å². The summed E-state index contributed by atoms with van der Waals surface area (Å²) in [4.78, 5) is 6.75. The minimum Gasteiger partial charge on any atom is -0.370 e. The molecule has 0 amide bonds. The molecule has 0 radical (unpaired) electrons. The Bertz CT molecular complexity index is 520. The second kappa shape index (κ2) is 4.85. The van der Waals surface area contributed by atoms with E-state index in [4.69, 9.17) is 0 Å². The second-order valence-corrected chi connectivity index (χ2v) is 6.65. The summed E-state index contributed by atoms with van der Waals surface area (Å²) in [7, 11) is 0. The number of hydrogen-bond donors (Lipinski definition) is 0. The molecule has 1 aliphatic rings. The predicted molar refractivity (Wildman–Crippen MR) is 78.2 cm³/mol. The van der Waals surface area contributed by atoms with Crippen molar-refractivity contribution in [3.05, 3.63) is 23.0 Å². The third kappa shape index (κ3) is 2.73. The van der Waals surface area contributed by atoms with Crippen LogP contribution in [0.4, 0.5) is 5.69 Å². The number of anilines is 1. The Morgan fingerprint density at radius 2 is 2.05 bits per heavy atom. The van der Waals surface area contributed by atoms with Gasteiger partial charge in [0.15, 0.2) is 0 Å². The monoisotopic (exact) mass is 257 g/mol. The van der Waals surface area contributed by atoms with Gasteiger partial charge in [-0.15, -0.1) is 0 Å². The average molecular weight is 257 g/mol. The lowest BCUT2D eigenvalue weighted by Crippen LogP contribution is -2.26.